The average molecular weight is 155 g/mol. The van der Waals surface area contributed by atoms with Crippen molar-refractivity contribution in [1.29, 1.82) is 0 Å². The zero-order chi connectivity index (χ0) is 6.20. The first-order valence-corrected chi connectivity index (χ1v) is 3.73. The molecule has 5 nitrogen and oxygen atoms in total. The van der Waals surface area contributed by atoms with Gasteiger partial charge in [0, 0.05) is 13.1 Å². The first-order valence-electron chi connectivity index (χ1n) is 2.33. The van der Waals surface area contributed by atoms with Crippen LogP contribution in [0.15, 0.2) is 0 Å². The molecule has 0 aromatic rings. The lowest BCUT2D eigenvalue weighted by Gasteiger charge is -2.25. The van der Waals surface area contributed by atoms with E-state index in [9.17, 15) is 8.42 Å². The Labute approximate surface area is 53.5 Å². The molecule has 1 saturated heterocycles. The first kappa shape index (κ1) is 8.83. The monoisotopic (exact) mass is 155 g/mol. The van der Waals surface area contributed by atoms with Gasteiger partial charge in [0.15, 0.2) is 0 Å². The third kappa shape index (κ3) is 1.90. The van der Waals surface area contributed by atoms with Crippen molar-refractivity contribution in [1.82, 2.24) is 4.31 Å². The van der Waals surface area contributed by atoms with E-state index in [1.165, 1.54) is 0 Å². The molecule has 0 bridgehead atoms. The third-order valence-corrected chi connectivity index (χ3v) is 2.16. The van der Waals surface area contributed by atoms with Crippen LogP contribution in [0, 0.1) is 0 Å². The molecule has 0 radical (unpaired) electrons. The minimum absolute atomic E-state index is 0. The smallest absolute Gasteiger partial charge is 0.335 e. The maximum absolute atomic E-state index is 10.1. The van der Waals surface area contributed by atoms with Crippen LogP contribution in [-0.4, -0.2) is 35.8 Å². The molecule has 9 heavy (non-hydrogen) atoms. The molecule has 0 atom stereocenters. The summed E-state index contributed by atoms with van der Waals surface area (Å²) in [5.74, 6) is 0. The van der Waals surface area contributed by atoms with Gasteiger partial charge in [0.05, 0.1) is 0 Å². The second kappa shape index (κ2) is 2.61. The second-order valence-electron chi connectivity index (χ2n) is 1.73. The summed E-state index contributed by atoms with van der Waals surface area (Å²) in [5, 5.41) is 0. The lowest BCUT2D eigenvalue weighted by atomic mass is 10.3. The highest BCUT2D eigenvalue weighted by Gasteiger charge is 2.24. The molecule has 1 fully saturated rings. The number of hydrogen-bond acceptors (Lipinski definition) is 2. The Kier molecular flexibility index (Phi) is 2.56. The molecule has 1 rings (SSSR count). The summed E-state index contributed by atoms with van der Waals surface area (Å²) in [6, 6.07) is 0. The summed E-state index contributed by atoms with van der Waals surface area (Å²) in [6.45, 7) is 0.942. The molecule has 1 heterocycles. The summed E-state index contributed by atoms with van der Waals surface area (Å²) in [4.78, 5) is 0. The second-order valence-corrected chi connectivity index (χ2v) is 3.14. The van der Waals surface area contributed by atoms with E-state index < -0.39 is 10.3 Å². The maximum Gasteiger partial charge on any atom is 0.335 e. The van der Waals surface area contributed by atoms with E-state index in [4.69, 9.17) is 4.55 Å². The van der Waals surface area contributed by atoms with E-state index in [0.29, 0.717) is 13.1 Å². The largest absolute Gasteiger partial charge is 0.412 e. The summed E-state index contributed by atoms with van der Waals surface area (Å²) >= 11 is 0. The molecule has 0 amide bonds. The molecule has 0 aromatic carbocycles. The van der Waals surface area contributed by atoms with E-state index >= 15 is 0 Å². The fourth-order valence-corrected chi connectivity index (χ4v) is 1.24. The zero-order valence-electron chi connectivity index (χ0n) is 4.74. The maximum atomic E-state index is 10.1. The van der Waals surface area contributed by atoms with Gasteiger partial charge in [0.2, 0.25) is 0 Å². The highest BCUT2D eigenvalue weighted by Crippen LogP contribution is 2.08. The normalized spacial score (nSPS) is 20.1. The first-order chi connectivity index (χ1) is 3.61. The molecule has 0 aromatic heterocycles. The third-order valence-electron chi connectivity index (χ3n) is 1.14. The number of nitrogens with zero attached hydrogens (tertiary/aromatic N) is 1. The fourth-order valence-electron chi connectivity index (χ4n) is 0.518. The summed E-state index contributed by atoms with van der Waals surface area (Å²) < 4.78 is 29.4. The Bertz CT molecular complexity index is 170. The quantitative estimate of drug-likeness (QED) is 0.476. The van der Waals surface area contributed by atoms with Crippen LogP contribution in [0.25, 0.3) is 0 Å². The van der Waals surface area contributed by atoms with Crippen molar-refractivity contribution in [2.45, 2.75) is 6.42 Å². The molecular formula is C3H9NO4S. The lowest BCUT2D eigenvalue weighted by Crippen LogP contribution is -2.41. The van der Waals surface area contributed by atoms with Gasteiger partial charge >= 0.3 is 10.3 Å². The summed E-state index contributed by atoms with van der Waals surface area (Å²) in [7, 11) is -3.83. The Balaban J connectivity index is 0.000000640. The van der Waals surface area contributed by atoms with Crippen LogP contribution in [0.3, 0.4) is 0 Å². The molecule has 0 unspecified atom stereocenters. The van der Waals surface area contributed by atoms with E-state index in [0.717, 1.165) is 10.7 Å². The van der Waals surface area contributed by atoms with E-state index in [1.807, 2.05) is 0 Å². The molecule has 0 aliphatic carbocycles. The van der Waals surface area contributed by atoms with Gasteiger partial charge in [-0.2, -0.15) is 12.7 Å². The SMILES string of the molecule is O.O=S(=O)(O)N1CCC1. The van der Waals surface area contributed by atoms with Crippen molar-refractivity contribution in [3.8, 4) is 0 Å². The van der Waals surface area contributed by atoms with E-state index in [1.54, 1.807) is 0 Å². The van der Waals surface area contributed by atoms with E-state index in [-0.39, 0.29) is 5.48 Å². The predicted molar refractivity (Wildman–Crippen MR) is 31.4 cm³/mol. The Morgan fingerprint density at radius 3 is 1.78 bits per heavy atom. The summed E-state index contributed by atoms with van der Waals surface area (Å²) in [5.41, 5.74) is 0. The Morgan fingerprint density at radius 2 is 1.78 bits per heavy atom. The minimum Gasteiger partial charge on any atom is -0.412 e. The van der Waals surface area contributed by atoms with Gasteiger partial charge < -0.3 is 5.48 Å². The molecular weight excluding hydrogens is 146 g/mol. The highest BCUT2D eigenvalue weighted by atomic mass is 32.2. The van der Waals surface area contributed by atoms with Gasteiger partial charge in [-0.05, 0) is 6.42 Å². The van der Waals surface area contributed by atoms with Gasteiger partial charge in [-0.1, -0.05) is 0 Å². The average Bonchev–Trinajstić information content (AvgIpc) is 1.16. The van der Waals surface area contributed by atoms with Crippen molar-refractivity contribution in [2.24, 2.45) is 0 Å². The molecule has 1 aliphatic rings. The van der Waals surface area contributed by atoms with Crippen molar-refractivity contribution in [3.05, 3.63) is 0 Å². The molecule has 6 heteroatoms. The van der Waals surface area contributed by atoms with Crippen LogP contribution in [-0.2, 0) is 10.3 Å². The topological polar surface area (TPSA) is 89.1 Å². The molecule has 56 valence electrons. The number of rotatable bonds is 1. The predicted octanol–water partition coefficient (Wildman–Crippen LogP) is -1.33. The van der Waals surface area contributed by atoms with Crippen LogP contribution >= 0.6 is 0 Å². The standard InChI is InChI=1S/C3H7NO3S.H2O/c5-8(6,7)4-2-1-3-4;/h1-3H2,(H,5,6,7);1H2. The summed E-state index contributed by atoms with van der Waals surface area (Å²) in [6.07, 6.45) is 0.861. The fraction of sp³-hybridized carbons (Fsp3) is 1.00. The van der Waals surface area contributed by atoms with Gasteiger partial charge in [-0.25, -0.2) is 0 Å². The zero-order valence-corrected chi connectivity index (χ0v) is 5.56. The van der Waals surface area contributed by atoms with Crippen LogP contribution in [0.5, 0.6) is 0 Å². The lowest BCUT2D eigenvalue weighted by molar-refractivity contribution is 0.274. The molecule has 0 spiro atoms. The Morgan fingerprint density at radius 1 is 1.33 bits per heavy atom. The van der Waals surface area contributed by atoms with Crippen molar-refractivity contribution >= 4 is 10.3 Å². The van der Waals surface area contributed by atoms with Gasteiger partial charge in [0.1, 0.15) is 0 Å². The molecule has 0 saturated carbocycles. The van der Waals surface area contributed by atoms with Crippen molar-refractivity contribution in [3.63, 3.8) is 0 Å². The Hall–Kier alpha value is -0.170. The van der Waals surface area contributed by atoms with Crippen LogP contribution < -0.4 is 0 Å². The number of hydrogen-bond donors (Lipinski definition) is 1. The van der Waals surface area contributed by atoms with E-state index in [2.05, 4.69) is 0 Å². The molecule has 3 N–H and O–H groups in total. The van der Waals surface area contributed by atoms with Crippen molar-refractivity contribution in [2.75, 3.05) is 13.1 Å². The van der Waals surface area contributed by atoms with Gasteiger partial charge in [0.25, 0.3) is 0 Å². The highest BCUT2D eigenvalue weighted by molar-refractivity contribution is 7.83. The van der Waals surface area contributed by atoms with Crippen LogP contribution in [0.1, 0.15) is 6.42 Å². The minimum atomic E-state index is -3.83. The van der Waals surface area contributed by atoms with Crippen molar-refractivity contribution < 1.29 is 18.4 Å². The van der Waals surface area contributed by atoms with Crippen LogP contribution in [0.4, 0.5) is 0 Å². The van der Waals surface area contributed by atoms with Gasteiger partial charge in [-0.3, -0.25) is 4.55 Å². The van der Waals surface area contributed by atoms with Gasteiger partial charge in [-0.15, -0.1) is 0 Å². The molecule has 1 aliphatic heterocycles. The van der Waals surface area contributed by atoms with Crippen LogP contribution in [0.2, 0.25) is 0 Å².